The molecule has 6 heteroatoms. The van der Waals surface area contributed by atoms with E-state index in [-0.39, 0.29) is 10.8 Å². The highest BCUT2D eigenvalue weighted by molar-refractivity contribution is 8.00. The van der Waals surface area contributed by atoms with Crippen LogP contribution < -0.4 is 15.4 Å². The summed E-state index contributed by atoms with van der Waals surface area (Å²) in [6.45, 7) is 4.67. The molecule has 0 bridgehead atoms. The molecule has 4 rings (SSSR count). The van der Waals surface area contributed by atoms with Crippen LogP contribution in [-0.4, -0.2) is 36.2 Å². The summed E-state index contributed by atoms with van der Waals surface area (Å²) in [5.41, 5.74) is 1.20. The summed E-state index contributed by atoms with van der Waals surface area (Å²) in [6.07, 6.45) is 6.02. The fourth-order valence-corrected chi connectivity index (χ4v) is 5.00. The summed E-state index contributed by atoms with van der Waals surface area (Å²) < 4.78 is 11.5. The second-order valence-electron chi connectivity index (χ2n) is 7.69. The third-order valence-electron chi connectivity index (χ3n) is 5.39. The van der Waals surface area contributed by atoms with Crippen molar-refractivity contribution in [2.24, 2.45) is 4.99 Å². The van der Waals surface area contributed by atoms with Gasteiger partial charge in [-0.05, 0) is 43.7 Å². The molecule has 2 aromatic rings. The minimum absolute atomic E-state index is 0.212. The Hall–Kier alpha value is -2.08. The molecule has 3 heterocycles. The molecular formula is C22H29N3O2S. The number of benzene rings is 1. The van der Waals surface area contributed by atoms with Gasteiger partial charge in [-0.3, -0.25) is 4.99 Å². The molecule has 1 fully saturated rings. The van der Waals surface area contributed by atoms with E-state index in [0.29, 0.717) is 0 Å². The lowest BCUT2D eigenvalue weighted by molar-refractivity contribution is 0.261. The summed E-state index contributed by atoms with van der Waals surface area (Å²) in [5.74, 6) is 4.08. The van der Waals surface area contributed by atoms with E-state index in [1.54, 1.807) is 6.26 Å². The Kier molecular flexibility index (Phi) is 6.15. The standard InChI is InChI=1S/C22H29N3O2S/c1-22(11-5-15-28-22)16-24-21(23-12-9-17-6-4-13-26-17)25-19-10-14-27-20-8-3-2-7-18(19)20/h2-4,6-8,13,19H,5,9-12,14-16H2,1H3,(H2,23,24,25). The van der Waals surface area contributed by atoms with Gasteiger partial charge in [-0.25, -0.2) is 0 Å². The molecule has 0 saturated carbocycles. The first kappa shape index (κ1) is 19.2. The van der Waals surface area contributed by atoms with Crippen molar-refractivity contribution in [3.8, 4) is 5.75 Å². The van der Waals surface area contributed by atoms with Gasteiger partial charge in [0.25, 0.3) is 0 Å². The van der Waals surface area contributed by atoms with E-state index < -0.39 is 0 Å². The number of rotatable bonds is 6. The van der Waals surface area contributed by atoms with Crippen LogP contribution in [0.4, 0.5) is 0 Å². The maximum Gasteiger partial charge on any atom is 0.191 e. The van der Waals surface area contributed by atoms with Crippen LogP contribution in [0.1, 0.15) is 43.6 Å². The van der Waals surface area contributed by atoms with E-state index in [1.807, 2.05) is 36.0 Å². The molecular weight excluding hydrogens is 370 g/mol. The third-order valence-corrected chi connectivity index (χ3v) is 6.91. The zero-order chi connectivity index (χ0) is 19.2. The predicted molar refractivity (Wildman–Crippen MR) is 115 cm³/mol. The first-order chi connectivity index (χ1) is 13.7. The quantitative estimate of drug-likeness (QED) is 0.564. The second-order valence-corrected chi connectivity index (χ2v) is 9.38. The lowest BCUT2D eigenvalue weighted by Gasteiger charge is -2.28. The van der Waals surface area contributed by atoms with Crippen molar-refractivity contribution in [1.82, 2.24) is 10.6 Å². The van der Waals surface area contributed by atoms with Gasteiger partial charge in [0.15, 0.2) is 5.96 Å². The Morgan fingerprint density at radius 1 is 1.29 bits per heavy atom. The van der Waals surface area contributed by atoms with E-state index >= 15 is 0 Å². The van der Waals surface area contributed by atoms with Crippen LogP contribution >= 0.6 is 11.8 Å². The van der Waals surface area contributed by atoms with Crippen molar-refractivity contribution >= 4 is 17.7 Å². The SMILES string of the molecule is CC1(CN=C(NCCc2ccco2)NC2CCOc3ccccc32)CCCS1. The van der Waals surface area contributed by atoms with Gasteiger partial charge in [0, 0.05) is 29.7 Å². The average Bonchev–Trinajstić information content (AvgIpc) is 3.38. The zero-order valence-corrected chi connectivity index (χ0v) is 17.3. The molecule has 2 unspecified atom stereocenters. The van der Waals surface area contributed by atoms with Crippen molar-refractivity contribution < 1.29 is 9.15 Å². The smallest absolute Gasteiger partial charge is 0.191 e. The van der Waals surface area contributed by atoms with E-state index in [0.717, 1.165) is 50.0 Å². The van der Waals surface area contributed by atoms with Crippen LogP contribution in [0.15, 0.2) is 52.1 Å². The maximum absolute atomic E-state index is 5.81. The van der Waals surface area contributed by atoms with Gasteiger partial charge in [0.05, 0.1) is 25.5 Å². The van der Waals surface area contributed by atoms with Crippen molar-refractivity contribution in [3.05, 3.63) is 54.0 Å². The molecule has 0 radical (unpaired) electrons. The van der Waals surface area contributed by atoms with E-state index in [4.69, 9.17) is 14.1 Å². The number of guanidine groups is 1. The Bertz CT molecular complexity index is 785. The number of hydrogen-bond donors (Lipinski definition) is 2. The molecule has 1 aromatic carbocycles. The van der Waals surface area contributed by atoms with Crippen molar-refractivity contribution in [1.29, 1.82) is 0 Å². The van der Waals surface area contributed by atoms with E-state index in [1.165, 1.54) is 24.2 Å². The molecule has 0 spiro atoms. The van der Waals surface area contributed by atoms with Gasteiger partial charge in [-0.2, -0.15) is 11.8 Å². The minimum atomic E-state index is 0.212. The molecule has 2 aliphatic rings. The number of nitrogens with zero attached hydrogens (tertiary/aromatic N) is 1. The Morgan fingerprint density at radius 3 is 3.04 bits per heavy atom. The van der Waals surface area contributed by atoms with Gasteiger partial charge in [0.2, 0.25) is 0 Å². The summed E-state index contributed by atoms with van der Waals surface area (Å²) in [4.78, 5) is 4.97. The lowest BCUT2D eigenvalue weighted by Crippen LogP contribution is -2.42. The van der Waals surface area contributed by atoms with Gasteiger partial charge in [-0.1, -0.05) is 18.2 Å². The van der Waals surface area contributed by atoms with Crippen LogP contribution in [0.3, 0.4) is 0 Å². The first-order valence-corrected chi connectivity index (χ1v) is 11.1. The fraction of sp³-hybridized carbons (Fsp3) is 0.500. The van der Waals surface area contributed by atoms with Crippen LogP contribution in [0.5, 0.6) is 5.75 Å². The van der Waals surface area contributed by atoms with Gasteiger partial charge in [-0.15, -0.1) is 0 Å². The highest BCUT2D eigenvalue weighted by Gasteiger charge is 2.29. The number of furan rings is 1. The molecule has 2 N–H and O–H groups in total. The fourth-order valence-electron chi connectivity index (χ4n) is 3.78. The topological polar surface area (TPSA) is 58.8 Å². The molecule has 150 valence electrons. The lowest BCUT2D eigenvalue weighted by atomic mass is 10.0. The highest BCUT2D eigenvalue weighted by Crippen LogP contribution is 2.38. The van der Waals surface area contributed by atoms with Crippen molar-refractivity contribution in [2.75, 3.05) is 25.4 Å². The zero-order valence-electron chi connectivity index (χ0n) is 16.4. The highest BCUT2D eigenvalue weighted by atomic mass is 32.2. The van der Waals surface area contributed by atoms with E-state index in [2.05, 4.69) is 29.7 Å². The molecule has 0 amide bonds. The summed E-state index contributed by atoms with van der Waals surface area (Å²) in [5, 5.41) is 7.16. The number of aliphatic imine (C=N–C) groups is 1. The molecule has 28 heavy (non-hydrogen) atoms. The number of para-hydroxylation sites is 1. The van der Waals surface area contributed by atoms with Gasteiger partial charge < -0.3 is 19.8 Å². The molecule has 1 saturated heterocycles. The van der Waals surface area contributed by atoms with Crippen molar-refractivity contribution in [2.45, 2.75) is 43.4 Å². The summed E-state index contributed by atoms with van der Waals surface area (Å²) in [7, 11) is 0. The normalized spacial score (nSPS) is 24.5. The molecule has 2 aliphatic heterocycles. The van der Waals surface area contributed by atoms with Crippen LogP contribution in [-0.2, 0) is 6.42 Å². The predicted octanol–water partition coefficient (Wildman–Crippen LogP) is 4.17. The number of ether oxygens (including phenoxy) is 1. The van der Waals surface area contributed by atoms with Crippen molar-refractivity contribution in [3.63, 3.8) is 0 Å². The summed E-state index contributed by atoms with van der Waals surface area (Å²) >= 11 is 2.05. The third kappa shape index (κ3) is 4.85. The monoisotopic (exact) mass is 399 g/mol. The Labute approximate surface area is 171 Å². The second kappa shape index (κ2) is 8.95. The Balaban J connectivity index is 1.44. The molecule has 5 nitrogen and oxygen atoms in total. The van der Waals surface area contributed by atoms with Gasteiger partial charge in [0.1, 0.15) is 11.5 Å². The minimum Gasteiger partial charge on any atom is -0.493 e. The number of fused-ring (bicyclic) bond motifs is 1. The average molecular weight is 400 g/mol. The van der Waals surface area contributed by atoms with E-state index in [9.17, 15) is 0 Å². The number of thioether (sulfide) groups is 1. The molecule has 2 atom stereocenters. The van der Waals surface area contributed by atoms with Crippen LogP contribution in [0.25, 0.3) is 0 Å². The molecule has 1 aromatic heterocycles. The Morgan fingerprint density at radius 2 is 2.21 bits per heavy atom. The van der Waals surface area contributed by atoms with Gasteiger partial charge >= 0.3 is 0 Å². The van der Waals surface area contributed by atoms with Crippen LogP contribution in [0.2, 0.25) is 0 Å². The number of hydrogen-bond acceptors (Lipinski definition) is 4. The first-order valence-electron chi connectivity index (χ1n) is 10.1. The maximum atomic E-state index is 5.81. The van der Waals surface area contributed by atoms with Crippen LogP contribution in [0, 0.1) is 0 Å². The largest absolute Gasteiger partial charge is 0.493 e. The molecule has 0 aliphatic carbocycles. The number of nitrogens with one attached hydrogen (secondary N) is 2. The summed E-state index contributed by atoms with van der Waals surface area (Å²) in [6, 6.07) is 12.4.